The second-order valence-electron chi connectivity index (χ2n) is 7.51. The lowest BCUT2D eigenvalue weighted by Gasteiger charge is -2.29. The lowest BCUT2D eigenvalue weighted by atomic mass is 9.90. The molecule has 0 unspecified atom stereocenters. The van der Waals surface area contributed by atoms with E-state index in [0.717, 1.165) is 4.90 Å². The molecule has 3 atom stereocenters. The van der Waals surface area contributed by atoms with Crippen molar-refractivity contribution in [3.8, 4) is 5.75 Å². The summed E-state index contributed by atoms with van der Waals surface area (Å²) in [5.41, 5.74) is 1.74. The van der Waals surface area contributed by atoms with Crippen molar-refractivity contribution in [2.24, 2.45) is 5.92 Å². The molecule has 3 aromatic rings. The number of nitrogens with zero attached hydrogens (tertiary/aromatic N) is 2. The van der Waals surface area contributed by atoms with Gasteiger partial charge in [0.1, 0.15) is 11.7 Å². The number of amides is 2. The van der Waals surface area contributed by atoms with Crippen LogP contribution in [0.25, 0.3) is 0 Å². The zero-order valence-electron chi connectivity index (χ0n) is 16.9. The second kappa shape index (κ2) is 8.13. The Labute approximate surface area is 194 Å². The van der Waals surface area contributed by atoms with E-state index in [1.807, 2.05) is 30.3 Å². The van der Waals surface area contributed by atoms with Crippen molar-refractivity contribution >= 4 is 46.4 Å². The number of carbonyl (C=O) groups excluding carboxylic acids is 2. The van der Waals surface area contributed by atoms with Crippen LogP contribution in [0.4, 0.5) is 11.4 Å². The van der Waals surface area contributed by atoms with E-state index in [1.54, 1.807) is 47.5 Å². The molecule has 3 aromatic carbocycles. The number of ether oxygens (including phenoxy) is 1. The third-order valence-corrected chi connectivity index (χ3v) is 6.30. The number of rotatable bonds is 4. The Bertz CT molecular complexity index is 1200. The fourth-order valence-electron chi connectivity index (χ4n) is 4.32. The number of hydrogen-bond acceptors (Lipinski definition) is 5. The summed E-state index contributed by atoms with van der Waals surface area (Å²) in [5.74, 6) is -1.20. The summed E-state index contributed by atoms with van der Waals surface area (Å²) in [5, 5.41) is 2.47. The first-order valence-corrected chi connectivity index (χ1v) is 10.7. The van der Waals surface area contributed by atoms with E-state index in [9.17, 15) is 9.59 Å². The predicted molar refractivity (Wildman–Crippen MR) is 122 cm³/mol. The zero-order chi connectivity index (χ0) is 22.4. The zero-order valence-corrected chi connectivity index (χ0v) is 18.5. The maximum Gasteiger partial charge on any atom is 0.266 e. The summed E-state index contributed by atoms with van der Waals surface area (Å²) in [6.07, 6.45) is -0.996. The van der Waals surface area contributed by atoms with E-state index in [4.69, 9.17) is 32.8 Å². The van der Waals surface area contributed by atoms with Gasteiger partial charge in [0.2, 0.25) is 5.91 Å². The van der Waals surface area contributed by atoms with Crippen LogP contribution in [-0.4, -0.2) is 25.0 Å². The molecule has 5 rings (SSSR count). The normalized spacial score (nSPS) is 22.4. The van der Waals surface area contributed by atoms with Gasteiger partial charge in [-0.15, -0.1) is 0 Å². The first kappa shape index (κ1) is 20.8. The van der Waals surface area contributed by atoms with Gasteiger partial charge < -0.3 is 4.74 Å². The van der Waals surface area contributed by atoms with Crippen molar-refractivity contribution in [3.05, 3.63) is 88.4 Å². The molecule has 6 nitrogen and oxygen atoms in total. The number of methoxy groups -OCH3 is 1. The van der Waals surface area contributed by atoms with Gasteiger partial charge in [0.25, 0.3) is 5.91 Å². The van der Waals surface area contributed by atoms with Crippen molar-refractivity contribution < 1.29 is 19.2 Å². The Balaban J connectivity index is 1.62. The van der Waals surface area contributed by atoms with E-state index in [0.29, 0.717) is 32.7 Å². The van der Waals surface area contributed by atoms with E-state index >= 15 is 0 Å². The fourth-order valence-corrected chi connectivity index (χ4v) is 4.84. The SMILES string of the molecule is COc1ccccc1N1C(=O)[C@@H]2[C@H](ON(c3ccccc3)[C@H]2c2ccc(Cl)cc2Cl)C1=O. The third-order valence-electron chi connectivity index (χ3n) is 5.73. The van der Waals surface area contributed by atoms with Crippen LogP contribution in [0.5, 0.6) is 5.75 Å². The first-order chi connectivity index (χ1) is 15.5. The average Bonchev–Trinajstić information content (AvgIpc) is 3.30. The van der Waals surface area contributed by atoms with Gasteiger partial charge in [-0.1, -0.05) is 59.6 Å². The topological polar surface area (TPSA) is 59.1 Å². The van der Waals surface area contributed by atoms with Gasteiger partial charge in [0, 0.05) is 10.0 Å². The maximum atomic E-state index is 13.7. The number of benzene rings is 3. The lowest BCUT2D eigenvalue weighted by molar-refractivity contribution is -0.126. The highest BCUT2D eigenvalue weighted by Crippen LogP contribution is 2.50. The number of anilines is 2. The number of imide groups is 1. The number of halogens is 2. The molecule has 32 heavy (non-hydrogen) atoms. The molecule has 2 heterocycles. The van der Waals surface area contributed by atoms with Crippen LogP contribution >= 0.6 is 23.2 Å². The summed E-state index contributed by atoms with van der Waals surface area (Å²) < 4.78 is 5.38. The summed E-state index contributed by atoms with van der Waals surface area (Å²) in [6, 6.07) is 20.7. The molecule has 2 amide bonds. The van der Waals surface area contributed by atoms with Gasteiger partial charge >= 0.3 is 0 Å². The summed E-state index contributed by atoms with van der Waals surface area (Å²) in [4.78, 5) is 34.3. The number of fused-ring (bicyclic) bond motifs is 1. The van der Waals surface area contributed by atoms with Gasteiger partial charge in [0.15, 0.2) is 6.10 Å². The molecule has 2 aliphatic heterocycles. The van der Waals surface area contributed by atoms with Crippen molar-refractivity contribution in [1.82, 2.24) is 0 Å². The van der Waals surface area contributed by atoms with Crippen molar-refractivity contribution in [2.75, 3.05) is 17.1 Å². The Kier molecular flexibility index (Phi) is 5.29. The molecule has 0 aliphatic carbocycles. The number of hydrogen-bond donors (Lipinski definition) is 0. The van der Waals surface area contributed by atoms with Crippen LogP contribution in [0.3, 0.4) is 0 Å². The van der Waals surface area contributed by atoms with Gasteiger partial charge in [-0.25, -0.2) is 9.96 Å². The molecule has 0 bridgehead atoms. The summed E-state index contributed by atoms with van der Waals surface area (Å²) in [7, 11) is 1.49. The molecular weight excluding hydrogens is 451 g/mol. The van der Waals surface area contributed by atoms with Crippen molar-refractivity contribution in [2.45, 2.75) is 12.1 Å². The fraction of sp³-hybridized carbons (Fsp3) is 0.167. The van der Waals surface area contributed by atoms with Crippen LogP contribution < -0.4 is 14.7 Å². The van der Waals surface area contributed by atoms with Crippen LogP contribution in [0.15, 0.2) is 72.8 Å². The van der Waals surface area contributed by atoms with Crippen molar-refractivity contribution in [1.29, 1.82) is 0 Å². The minimum atomic E-state index is -0.996. The Morgan fingerprint density at radius 3 is 2.34 bits per heavy atom. The van der Waals surface area contributed by atoms with Crippen molar-refractivity contribution in [3.63, 3.8) is 0 Å². The highest BCUT2D eigenvalue weighted by Gasteiger charge is 2.61. The molecule has 8 heteroatoms. The molecule has 0 aromatic heterocycles. The minimum absolute atomic E-state index is 0.376. The molecule has 2 saturated heterocycles. The number of carbonyl (C=O) groups is 2. The monoisotopic (exact) mass is 468 g/mol. The molecule has 0 N–H and O–H groups in total. The molecule has 2 aliphatic rings. The molecule has 0 spiro atoms. The van der Waals surface area contributed by atoms with E-state index in [2.05, 4.69) is 0 Å². The van der Waals surface area contributed by atoms with E-state index in [-0.39, 0.29) is 5.91 Å². The van der Waals surface area contributed by atoms with Gasteiger partial charge in [-0.05, 0) is 42.0 Å². The quantitative estimate of drug-likeness (QED) is 0.501. The Hall–Kier alpha value is -3.06. The first-order valence-electron chi connectivity index (χ1n) is 9.98. The van der Waals surface area contributed by atoms with Crippen LogP contribution in [0.2, 0.25) is 10.0 Å². The largest absolute Gasteiger partial charge is 0.495 e. The van der Waals surface area contributed by atoms with Gasteiger partial charge in [-0.3, -0.25) is 14.4 Å². The van der Waals surface area contributed by atoms with Gasteiger partial charge in [0.05, 0.1) is 24.5 Å². The predicted octanol–water partition coefficient (Wildman–Crippen LogP) is 5.05. The average molecular weight is 469 g/mol. The standard InChI is InChI=1S/C24H18Cl2N2O4/c1-31-19-10-6-5-9-18(19)27-23(29)20-21(16-12-11-14(25)13-17(16)26)28(32-22(20)24(27)30)15-7-3-2-4-8-15/h2-13,20-22H,1H3/t20-,21-,22-/m0/s1. The molecule has 0 saturated carbocycles. The van der Waals surface area contributed by atoms with Crippen LogP contribution in [0, 0.1) is 5.92 Å². The van der Waals surface area contributed by atoms with E-state index < -0.39 is 24.0 Å². The Morgan fingerprint density at radius 2 is 1.62 bits per heavy atom. The molecular formula is C24H18Cl2N2O4. The minimum Gasteiger partial charge on any atom is -0.495 e. The second-order valence-corrected chi connectivity index (χ2v) is 8.35. The highest BCUT2D eigenvalue weighted by atomic mass is 35.5. The molecule has 2 fully saturated rings. The van der Waals surface area contributed by atoms with Crippen LogP contribution in [0.1, 0.15) is 11.6 Å². The Morgan fingerprint density at radius 1 is 0.906 bits per heavy atom. The van der Waals surface area contributed by atoms with Gasteiger partial charge in [-0.2, -0.15) is 0 Å². The smallest absolute Gasteiger partial charge is 0.266 e. The summed E-state index contributed by atoms with van der Waals surface area (Å²) >= 11 is 12.6. The molecule has 162 valence electrons. The van der Waals surface area contributed by atoms with E-state index in [1.165, 1.54) is 7.11 Å². The number of para-hydroxylation sites is 3. The highest BCUT2D eigenvalue weighted by molar-refractivity contribution is 6.35. The maximum absolute atomic E-state index is 13.7. The molecule has 0 radical (unpaired) electrons. The summed E-state index contributed by atoms with van der Waals surface area (Å²) in [6.45, 7) is 0. The number of hydroxylamine groups is 1. The van der Waals surface area contributed by atoms with Crippen LogP contribution in [-0.2, 0) is 14.4 Å². The lowest BCUT2D eigenvalue weighted by Crippen LogP contribution is -2.37. The third kappa shape index (κ3) is 3.23.